The minimum Gasteiger partial charge on any atom is -0.479 e. The number of aliphatic carboxylic acids is 1. The van der Waals surface area contributed by atoms with Crippen molar-refractivity contribution >= 4 is 17.9 Å². The van der Waals surface area contributed by atoms with Gasteiger partial charge in [0, 0.05) is 19.6 Å². The smallest absolute Gasteiger partial charge is 0.332 e. The fourth-order valence-corrected chi connectivity index (χ4v) is 2.54. The van der Waals surface area contributed by atoms with Gasteiger partial charge in [-0.05, 0) is 25.7 Å². The summed E-state index contributed by atoms with van der Waals surface area (Å²) in [5, 5.41) is 13.9. The number of ether oxygens (including phenoxy) is 1. The van der Waals surface area contributed by atoms with Crippen molar-refractivity contribution in [3.63, 3.8) is 0 Å². The third kappa shape index (κ3) is 4.59. The maximum Gasteiger partial charge on any atom is 0.332 e. The lowest BCUT2D eigenvalue weighted by molar-refractivity contribution is -0.149. The first-order valence-corrected chi connectivity index (χ1v) is 7.24. The molecule has 2 aliphatic heterocycles. The standard InChI is InChI=1S/C13H21N3O5/c17-11(16-5-1-2-6-16)8-15-13(20)14-7-9-3-4-10(21-9)12(18)19/h9-10H,1-8H2,(H,18,19)(H2,14,15,20). The Kier molecular flexibility index (Phi) is 5.38. The number of nitrogens with one attached hydrogen (secondary N) is 2. The minimum absolute atomic E-state index is 0.0187. The van der Waals surface area contributed by atoms with Crippen molar-refractivity contribution in [1.82, 2.24) is 15.5 Å². The van der Waals surface area contributed by atoms with Gasteiger partial charge in [0.25, 0.3) is 0 Å². The van der Waals surface area contributed by atoms with Gasteiger partial charge in [-0.15, -0.1) is 0 Å². The van der Waals surface area contributed by atoms with Gasteiger partial charge in [-0.2, -0.15) is 0 Å². The van der Waals surface area contributed by atoms with Crippen LogP contribution in [0.3, 0.4) is 0 Å². The van der Waals surface area contributed by atoms with Crippen LogP contribution < -0.4 is 10.6 Å². The van der Waals surface area contributed by atoms with E-state index in [9.17, 15) is 14.4 Å². The number of amides is 3. The summed E-state index contributed by atoms with van der Waals surface area (Å²) >= 11 is 0. The normalized spacial score (nSPS) is 24.9. The average Bonchev–Trinajstić information content (AvgIpc) is 3.13. The number of nitrogens with zero attached hydrogens (tertiary/aromatic N) is 1. The molecule has 0 aromatic heterocycles. The quantitative estimate of drug-likeness (QED) is 0.636. The second-order valence-corrected chi connectivity index (χ2v) is 5.31. The molecule has 3 amide bonds. The first-order chi connectivity index (χ1) is 10.1. The maximum atomic E-state index is 11.7. The number of hydrogen-bond donors (Lipinski definition) is 3. The molecule has 2 heterocycles. The molecule has 0 aromatic rings. The van der Waals surface area contributed by atoms with Crippen LogP contribution in [0.15, 0.2) is 0 Å². The molecule has 2 rings (SSSR count). The zero-order valence-corrected chi connectivity index (χ0v) is 11.8. The number of carbonyl (C=O) groups excluding carboxylic acids is 2. The van der Waals surface area contributed by atoms with Crippen LogP contribution in [-0.4, -0.2) is 66.3 Å². The fourth-order valence-electron chi connectivity index (χ4n) is 2.54. The summed E-state index contributed by atoms with van der Waals surface area (Å²) in [6, 6.07) is -0.440. The SMILES string of the molecule is O=C(NCC(=O)N1CCCC1)NCC1CCC(C(=O)O)O1. The van der Waals surface area contributed by atoms with Crippen molar-refractivity contribution in [3.05, 3.63) is 0 Å². The summed E-state index contributed by atoms with van der Waals surface area (Å²) in [6.45, 7) is 1.74. The van der Waals surface area contributed by atoms with Crippen molar-refractivity contribution in [1.29, 1.82) is 0 Å². The molecule has 2 fully saturated rings. The highest BCUT2D eigenvalue weighted by molar-refractivity contribution is 5.84. The first kappa shape index (κ1) is 15.6. The van der Waals surface area contributed by atoms with E-state index in [1.807, 2.05) is 0 Å². The van der Waals surface area contributed by atoms with Gasteiger partial charge in [0.2, 0.25) is 5.91 Å². The van der Waals surface area contributed by atoms with Gasteiger partial charge in [-0.3, -0.25) is 4.79 Å². The first-order valence-electron chi connectivity index (χ1n) is 7.24. The molecule has 118 valence electrons. The van der Waals surface area contributed by atoms with Gasteiger partial charge >= 0.3 is 12.0 Å². The van der Waals surface area contributed by atoms with Gasteiger partial charge in [0.05, 0.1) is 12.6 Å². The van der Waals surface area contributed by atoms with Crippen molar-refractivity contribution < 1.29 is 24.2 Å². The minimum atomic E-state index is -0.974. The van der Waals surface area contributed by atoms with Crippen LogP contribution in [-0.2, 0) is 14.3 Å². The molecule has 2 saturated heterocycles. The zero-order valence-electron chi connectivity index (χ0n) is 11.8. The number of carbonyl (C=O) groups is 3. The van der Waals surface area contributed by atoms with Crippen molar-refractivity contribution in [3.8, 4) is 0 Å². The third-order valence-electron chi connectivity index (χ3n) is 3.73. The van der Waals surface area contributed by atoms with E-state index < -0.39 is 18.1 Å². The lowest BCUT2D eigenvalue weighted by atomic mass is 10.2. The van der Waals surface area contributed by atoms with Crippen LogP contribution in [0.1, 0.15) is 25.7 Å². The van der Waals surface area contributed by atoms with Crippen LogP contribution in [0.25, 0.3) is 0 Å². The summed E-state index contributed by atoms with van der Waals surface area (Å²) in [6.07, 6.45) is 2.02. The molecular weight excluding hydrogens is 278 g/mol. The Morgan fingerprint density at radius 3 is 2.48 bits per heavy atom. The number of carboxylic acids is 1. The van der Waals surface area contributed by atoms with Gasteiger partial charge in [0.1, 0.15) is 0 Å². The highest BCUT2D eigenvalue weighted by atomic mass is 16.5. The summed E-state index contributed by atoms with van der Waals surface area (Å²) in [5.74, 6) is -1.05. The predicted octanol–water partition coefficient (Wildman–Crippen LogP) is -0.460. The van der Waals surface area contributed by atoms with Crippen molar-refractivity contribution in [2.24, 2.45) is 0 Å². The van der Waals surface area contributed by atoms with E-state index in [1.165, 1.54) is 0 Å². The Balaban J connectivity index is 1.59. The number of rotatable bonds is 5. The number of likely N-dealkylation sites (tertiary alicyclic amines) is 1. The van der Waals surface area contributed by atoms with Gasteiger partial charge in [0.15, 0.2) is 6.10 Å². The molecule has 2 aliphatic rings. The maximum absolute atomic E-state index is 11.7. The van der Waals surface area contributed by atoms with Crippen LogP contribution >= 0.6 is 0 Å². The Morgan fingerprint density at radius 2 is 1.86 bits per heavy atom. The molecule has 21 heavy (non-hydrogen) atoms. The highest BCUT2D eigenvalue weighted by Gasteiger charge is 2.30. The lowest BCUT2D eigenvalue weighted by Crippen LogP contribution is -2.44. The molecule has 0 aromatic carbocycles. The van der Waals surface area contributed by atoms with E-state index in [0.29, 0.717) is 12.8 Å². The van der Waals surface area contributed by atoms with E-state index in [0.717, 1.165) is 25.9 Å². The Bertz CT molecular complexity index is 409. The Labute approximate surface area is 122 Å². The summed E-state index contributed by atoms with van der Waals surface area (Å²) in [5.41, 5.74) is 0. The monoisotopic (exact) mass is 299 g/mol. The molecule has 0 bridgehead atoms. The fraction of sp³-hybridized carbons (Fsp3) is 0.769. The summed E-state index contributed by atoms with van der Waals surface area (Å²) in [7, 11) is 0. The van der Waals surface area contributed by atoms with Crippen LogP contribution in [0.5, 0.6) is 0 Å². The second-order valence-electron chi connectivity index (χ2n) is 5.31. The van der Waals surface area contributed by atoms with Crippen molar-refractivity contribution in [2.75, 3.05) is 26.2 Å². The van der Waals surface area contributed by atoms with Gasteiger partial charge < -0.3 is 25.4 Å². The van der Waals surface area contributed by atoms with Crippen LogP contribution in [0.4, 0.5) is 4.79 Å². The van der Waals surface area contributed by atoms with Crippen molar-refractivity contribution in [2.45, 2.75) is 37.9 Å². The molecule has 8 nitrogen and oxygen atoms in total. The predicted molar refractivity (Wildman–Crippen MR) is 72.7 cm³/mol. The van der Waals surface area contributed by atoms with E-state index in [-0.39, 0.29) is 25.1 Å². The molecule has 3 N–H and O–H groups in total. The molecule has 0 aliphatic carbocycles. The second kappa shape index (κ2) is 7.26. The Morgan fingerprint density at radius 1 is 1.14 bits per heavy atom. The summed E-state index contributed by atoms with van der Waals surface area (Å²) < 4.78 is 5.26. The van der Waals surface area contributed by atoms with E-state index in [1.54, 1.807) is 4.90 Å². The van der Waals surface area contributed by atoms with E-state index >= 15 is 0 Å². The molecule has 0 spiro atoms. The molecule has 0 saturated carbocycles. The lowest BCUT2D eigenvalue weighted by Gasteiger charge is -2.16. The number of carboxylic acid groups (broad SMARTS) is 1. The molecule has 2 atom stereocenters. The molecular formula is C13H21N3O5. The molecule has 2 unspecified atom stereocenters. The average molecular weight is 299 g/mol. The molecule has 8 heteroatoms. The van der Waals surface area contributed by atoms with Gasteiger partial charge in [-0.25, -0.2) is 9.59 Å². The van der Waals surface area contributed by atoms with Crippen LogP contribution in [0.2, 0.25) is 0 Å². The van der Waals surface area contributed by atoms with E-state index in [2.05, 4.69) is 10.6 Å². The number of hydrogen-bond acceptors (Lipinski definition) is 4. The van der Waals surface area contributed by atoms with Crippen LogP contribution in [0, 0.1) is 0 Å². The largest absolute Gasteiger partial charge is 0.479 e. The zero-order chi connectivity index (χ0) is 15.2. The third-order valence-corrected chi connectivity index (χ3v) is 3.73. The Hall–Kier alpha value is -1.83. The number of urea groups is 1. The van der Waals surface area contributed by atoms with Gasteiger partial charge in [-0.1, -0.05) is 0 Å². The highest BCUT2D eigenvalue weighted by Crippen LogP contribution is 2.19. The topological polar surface area (TPSA) is 108 Å². The van der Waals surface area contributed by atoms with E-state index in [4.69, 9.17) is 9.84 Å². The summed E-state index contributed by atoms with van der Waals surface area (Å²) in [4.78, 5) is 35.7. The molecule has 0 radical (unpaired) electrons.